The lowest BCUT2D eigenvalue weighted by Gasteiger charge is -2.19. The van der Waals surface area contributed by atoms with Crippen molar-refractivity contribution >= 4 is 28.5 Å². The van der Waals surface area contributed by atoms with E-state index < -0.39 is 22.9 Å². The number of aromatic hydroxyl groups is 1. The van der Waals surface area contributed by atoms with Crippen LogP contribution in [0.1, 0.15) is 6.42 Å². The van der Waals surface area contributed by atoms with Gasteiger partial charge in [0, 0.05) is 24.3 Å². The van der Waals surface area contributed by atoms with E-state index >= 15 is 0 Å². The predicted octanol–water partition coefficient (Wildman–Crippen LogP) is -0.180. The third-order valence-corrected chi connectivity index (χ3v) is 4.53. The minimum atomic E-state index is -1.87. The van der Waals surface area contributed by atoms with Crippen LogP contribution in [-0.2, 0) is 16.0 Å². The monoisotopic (exact) mass is 314 g/mol. The van der Waals surface area contributed by atoms with Crippen molar-refractivity contribution < 1.29 is 18.5 Å². The maximum Gasteiger partial charge on any atom is 0.253 e. The number of nitrogens with one attached hydrogen (secondary N) is 3. The number of carbonyl (C=O) groups is 1. The van der Waals surface area contributed by atoms with Crippen molar-refractivity contribution in [2.45, 2.75) is 12.5 Å². The molecule has 1 aromatic rings. The van der Waals surface area contributed by atoms with Crippen LogP contribution in [0.25, 0.3) is 0 Å². The van der Waals surface area contributed by atoms with Crippen LogP contribution < -0.4 is 19.7 Å². The van der Waals surface area contributed by atoms with E-state index in [0.717, 1.165) is 23.8 Å². The van der Waals surface area contributed by atoms with Crippen molar-refractivity contribution in [2.24, 2.45) is 0 Å². The van der Waals surface area contributed by atoms with Gasteiger partial charge < -0.3 is 15.7 Å². The number of halogens is 1. The van der Waals surface area contributed by atoms with E-state index in [4.69, 9.17) is 0 Å². The van der Waals surface area contributed by atoms with Gasteiger partial charge in [-0.2, -0.15) is 0 Å². The molecule has 0 saturated carbocycles. The molecule has 0 spiro atoms. The highest BCUT2D eigenvalue weighted by molar-refractivity contribution is 7.85. The molecule has 2 atom stereocenters. The number of hydrogen-bond acceptors (Lipinski definition) is 5. The van der Waals surface area contributed by atoms with Gasteiger partial charge in [0.05, 0.1) is 0 Å². The fourth-order valence-electron chi connectivity index (χ4n) is 2.46. The summed E-state index contributed by atoms with van der Waals surface area (Å²) in [5, 5.41) is 16.3. The number of phenolic OH excluding ortho intramolecular Hbond substituents is 1. The third kappa shape index (κ3) is 2.79. The Hall–Kier alpha value is -1.87. The van der Waals surface area contributed by atoms with E-state index in [0.29, 0.717) is 5.69 Å². The van der Waals surface area contributed by atoms with Gasteiger partial charge in [0.1, 0.15) is 18.0 Å². The van der Waals surface area contributed by atoms with Gasteiger partial charge in [0.2, 0.25) is 11.2 Å². The molecule has 2 saturated heterocycles. The molecule has 0 aliphatic carbocycles. The number of nitrogens with zero attached hydrogens (tertiary/aromatic N) is 1. The summed E-state index contributed by atoms with van der Waals surface area (Å²) in [4.78, 5) is 11.2. The van der Waals surface area contributed by atoms with E-state index in [1.54, 1.807) is 0 Å². The van der Waals surface area contributed by atoms with Crippen LogP contribution in [0.2, 0.25) is 0 Å². The molecule has 9 heteroatoms. The molecule has 21 heavy (non-hydrogen) atoms. The van der Waals surface area contributed by atoms with Crippen molar-refractivity contribution in [1.29, 1.82) is 0 Å². The fraction of sp³-hybridized carbons (Fsp3) is 0.417. The molecule has 1 amide bonds. The Labute approximate surface area is 123 Å². The van der Waals surface area contributed by atoms with Crippen LogP contribution in [0.15, 0.2) is 12.1 Å². The summed E-state index contributed by atoms with van der Waals surface area (Å²) in [7, 11) is 0. The predicted molar refractivity (Wildman–Crippen MR) is 76.6 cm³/mol. The molecule has 0 aromatic heterocycles. The van der Waals surface area contributed by atoms with Gasteiger partial charge in [-0.15, -0.1) is 0 Å². The summed E-state index contributed by atoms with van der Waals surface area (Å²) in [6.45, 7) is 1.42. The number of benzene rings is 1. The van der Waals surface area contributed by atoms with Crippen LogP contribution in [0.5, 0.6) is 5.75 Å². The molecule has 3 rings (SSSR count). The average molecular weight is 314 g/mol. The minimum Gasteiger partial charge on any atom is -0.506 e. The van der Waals surface area contributed by atoms with Gasteiger partial charge in [-0.05, 0) is 19.0 Å². The van der Waals surface area contributed by atoms with Crippen LogP contribution in [0, 0.1) is 5.82 Å². The van der Waals surface area contributed by atoms with Gasteiger partial charge >= 0.3 is 0 Å². The second-order valence-electron chi connectivity index (χ2n) is 4.97. The van der Waals surface area contributed by atoms with Crippen LogP contribution in [0.3, 0.4) is 0 Å². The smallest absolute Gasteiger partial charge is 0.253 e. The summed E-state index contributed by atoms with van der Waals surface area (Å²) in [6, 6.07) is 2.78. The average Bonchev–Trinajstić information content (AvgIpc) is 2.99. The molecule has 0 bridgehead atoms. The first-order valence-electron chi connectivity index (χ1n) is 6.53. The first-order valence-corrected chi connectivity index (χ1v) is 7.64. The maximum atomic E-state index is 14.2. The van der Waals surface area contributed by atoms with Crippen molar-refractivity contribution in [3.05, 3.63) is 17.9 Å². The highest BCUT2D eigenvalue weighted by Gasteiger charge is 2.31. The van der Waals surface area contributed by atoms with Gasteiger partial charge in [-0.1, -0.05) is 0 Å². The largest absolute Gasteiger partial charge is 0.506 e. The van der Waals surface area contributed by atoms with E-state index in [2.05, 4.69) is 15.4 Å². The second-order valence-corrected chi connectivity index (χ2v) is 6.11. The van der Waals surface area contributed by atoms with E-state index in [-0.39, 0.29) is 24.0 Å². The van der Waals surface area contributed by atoms with Crippen LogP contribution in [0.4, 0.5) is 15.8 Å². The number of carbonyl (C=O) groups excluding carboxylic acids is 1. The van der Waals surface area contributed by atoms with Gasteiger partial charge in [-0.25, -0.2) is 8.60 Å². The van der Waals surface area contributed by atoms with Crippen LogP contribution in [-0.4, -0.2) is 40.9 Å². The van der Waals surface area contributed by atoms with Crippen molar-refractivity contribution in [3.8, 4) is 5.75 Å². The molecule has 2 unspecified atom stereocenters. The molecule has 2 heterocycles. The standard InChI is InChI=1S/C12H15FN4O3S/c13-9-3-8(15-7-1-2-14-5-7)4-10(18)12(9)17-6-11(19)16-21(17)20/h3-4,7,14-15,18H,1-2,5-6H2,(H,16,19). The minimum absolute atomic E-state index is 0.179. The lowest BCUT2D eigenvalue weighted by atomic mass is 10.2. The lowest BCUT2D eigenvalue weighted by Crippen LogP contribution is -2.24. The summed E-state index contributed by atoms with van der Waals surface area (Å²) < 4.78 is 29.0. The fourth-order valence-corrected chi connectivity index (χ4v) is 3.41. The normalized spacial score (nSPS) is 25.2. The summed E-state index contributed by atoms with van der Waals surface area (Å²) in [5.41, 5.74) is 0.216. The number of phenols is 1. The Balaban J connectivity index is 1.85. The number of hydrogen-bond donors (Lipinski definition) is 4. The molecule has 0 radical (unpaired) electrons. The third-order valence-electron chi connectivity index (χ3n) is 3.41. The Bertz CT molecular complexity index is 583. The van der Waals surface area contributed by atoms with Crippen LogP contribution >= 0.6 is 0 Å². The molecule has 2 fully saturated rings. The molecule has 114 valence electrons. The van der Waals surface area contributed by atoms with Gasteiger partial charge in [-0.3, -0.25) is 13.8 Å². The first kappa shape index (κ1) is 14.1. The lowest BCUT2D eigenvalue weighted by molar-refractivity contribution is -0.117. The molecule has 1 aromatic carbocycles. The number of anilines is 2. The Morgan fingerprint density at radius 2 is 2.29 bits per heavy atom. The molecule has 4 N–H and O–H groups in total. The zero-order chi connectivity index (χ0) is 15.0. The second kappa shape index (κ2) is 5.49. The summed E-state index contributed by atoms with van der Waals surface area (Å²) in [5.74, 6) is -1.56. The number of amides is 1. The van der Waals surface area contributed by atoms with E-state index in [1.165, 1.54) is 12.1 Å². The van der Waals surface area contributed by atoms with Crippen molar-refractivity contribution in [1.82, 2.24) is 10.0 Å². The first-order chi connectivity index (χ1) is 10.0. The summed E-state index contributed by atoms with van der Waals surface area (Å²) in [6.07, 6.45) is 0.915. The Kier molecular flexibility index (Phi) is 3.68. The van der Waals surface area contributed by atoms with Crippen molar-refractivity contribution in [3.63, 3.8) is 0 Å². The SMILES string of the molecule is O=C1CN(c2c(O)cc(NC3CCNC3)cc2F)S(=O)N1. The molecule has 7 nitrogen and oxygen atoms in total. The topological polar surface area (TPSA) is 93.7 Å². The highest BCUT2D eigenvalue weighted by atomic mass is 32.2. The summed E-state index contributed by atoms with van der Waals surface area (Å²) >= 11 is -1.87. The Morgan fingerprint density at radius 1 is 1.48 bits per heavy atom. The molecule has 2 aliphatic rings. The quantitative estimate of drug-likeness (QED) is 0.621. The van der Waals surface area contributed by atoms with E-state index in [9.17, 15) is 18.5 Å². The molecule has 2 aliphatic heterocycles. The molecular formula is C12H15FN4O3S. The van der Waals surface area contributed by atoms with Crippen molar-refractivity contribution in [2.75, 3.05) is 29.3 Å². The Morgan fingerprint density at radius 3 is 2.86 bits per heavy atom. The zero-order valence-corrected chi connectivity index (χ0v) is 11.9. The highest BCUT2D eigenvalue weighted by Crippen LogP contribution is 2.35. The maximum absolute atomic E-state index is 14.2. The van der Waals surface area contributed by atoms with Gasteiger partial charge in [0.25, 0.3) is 5.91 Å². The van der Waals surface area contributed by atoms with E-state index in [1.807, 2.05) is 0 Å². The van der Waals surface area contributed by atoms with Gasteiger partial charge in [0.15, 0.2) is 5.82 Å². The molecular weight excluding hydrogens is 299 g/mol. The number of rotatable bonds is 3. The zero-order valence-electron chi connectivity index (χ0n) is 11.1.